The van der Waals surface area contributed by atoms with Crippen molar-refractivity contribution in [2.45, 2.75) is 39.4 Å². The van der Waals surface area contributed by atoms with E-state index in [-0.39, 0.29) is 11.5 Å². The maximum Gasteiger partial charge on any atom is 0.336 e. The highest BCUT2D eigenvalue weighted by Crippen LogP contribution is 2.44. The molecule has 0 aromatic heterocycles. The number of carboxylic acid groups (broad SMARTS) is 1. The number of carboxylic acids is 1. The standard InChI is InChI=1S/C16H20O4/c1-8(2)14-12-6-10(4)9(3)5-11(12)13(15(17)18)7-16(14,19)20/h5-8,14,19-20H,1-4H3,(H,17,18). The molecule has 108 valence electrons. The molecule has 0 saturated carbocycles. The van der Waals surface area contributed by atoms with E-state index in [0.717, 1.165) is 17.2 Å². The van der Waals surface area contributed by atoms with Gasteiger partial charge in [0, 0.05) is 5.92 Å². The number of aliphatic carboxylic acids is 1. The lowest BCUT2D eigenvalue weighted by molar-refractivity contribution is -0.148. The summed E-state index contributed by atoms with van der Waals surface area (Å²) in [6, 6.07) is 3.68. The van der Waals surface area contributed by atoms with Crippen molar-refractivity contribution in [1.82, 2.24) is 0 Å². The van der Waals surface area contributed by atoms with Crippen molar-refractivity contribution in [3.63, 3.8) is 0 Å². The van der Waals surface area contributed by atoms with Gasteiger partial charge in [0.15, 0.2) is 5.79 Å². The van der Waals surface area contributed by atoms with Gasteiger partial charge in [-0.15, -0.1) is 0 Å². The minimum atomic E-state index is -2.14. The van der Waals surface area contributed by atoms with Crippen LogP contribution in [0.2, 0.25) is 0 Å². The number of hydrogen-bond donors (Lipinski definition) is 3. The predicted molar refractivity (Wildman–Crippen MR) is 76.3 cm³/mol. The predicted octanol–water partition coefficient (Wildman–Crippen LogP) is 2.21. The fourth-order valence-corrected chi connectivity index (χ4v) is 2.96. The molecule has 0 bridgehead atoms. The van der Waals surface area contributed by atoms with E-state index in [1.165, 1.54) is 0 Å². The smallest absolute Gasteiger partial charge is 0.336 e. The van der Waals surface area contributed by atoms with Crippen molar-refractivity contribution in [2.75, 3.05) is 0 Å². The van der Waals surface area contributed by atoms with Gasteiger partial charge < -0.3 is 15.3 Å². The largest absolute Gasteiger partial charge is 0.478 e. The molecular formula is C16H20O4. The van der Waals surface area contributed by atoms with E-state index in [0.29, 0.717) is 11.1 Å². The van der Waals surface area contributed by atoms with Crippen LogP contribution < -0.4 is 0 Å². The highest BCUT2D eigenvalue weighted by atomic mass is 16.5. The van der Waals surface area contributed by atoms with E-state index in [2.05, 4.69) is 0 Å². The molecule has 20 heavy (non-hydrogen) atoms. The van der Waals surface area contributed by atoms with Crippen LogP contribution in [0.4, 0.5) is 0 Å². The zero-order chi connectivity index (χ0) is 15.2. The lowest BCUT2D eigenvalue weighted by atomic mass is 9.72. The maximum absolute atomic E-state index is 11.4. The number of aryl methyl sites for hydroxylation is 2. The SMILES string of the molecule is Cc1cc2c(cc1C)C(C(C)C)C(O)(O)C=C2C(=O)O. The maximum atomic E-state index is 11.4. The van der Waals surface area contributed by atoms with E-state index >= 15 is 0 Å². The molecule has 1 aromatic carbocycles. The van der Waals surface area contributed by atoms with E-state index in [1.807, 2.05) is 39.8 Å². The Morgan fingerprint density at radius 3 is 2.25 bits per heavy atom. The summed E-state index contributed by atoms with van der Waals surface area (Å²) >= 11 is 0. The van der Waals surface area contributed by atoms with Gasteiger partial charge in [-0.1, -0.05) is 26.0 Å². The second-order valence-corrected chi connectivity index (χ2v) is 5.89. The minimum absolute atomic E-state index is 0.0301. The zero-order valence-corrected chi connectivity index (χ0v) is 12.1. The van der Waals surface area contributed by atoms with Crippen molar-refractivity contribution in [2.24, 2.45) is 5.92 Å². The second kappa shape index (κ2) is 4.72. The molecule has 0 aliphatic heterocycles. The Morgan fingerprint density at radius 1 is 1.20 bits per heavy atom. The van der Waals surface area contributed by atoms with Gasteiger partial charge in [0.05, 0.1) is 5.57 Å². The molecule has 0 heterocycles. The van der Waals surface area contributed by atoms with Gasteiger partial charge in [0.1, 0.15) is 0 Å². The zero-order valence-electron chi connectivity index (χ0n) is 12.1. The molecule has 0 amide bonds. The van der Waals surface area contributed by atoms with Gasteiger partial charge in [-0.05, 0) is 48.1 Å². The molecule has 4 nitrogen and oxygen atoms in total. The molecular weight excluding hydrogens is 256 g/mol. The average molecular weight is 276 g/mol. The van der Waals surface area contributed by atoms with Crippen molar-refractivity contribution >= 4 is 11.5 Å². The average Bonchev–Trinajstić information content (AvgIpc) is 2.29. The van der Waals surface area contributed by atoms with Crippen LogP contribution in [0.1, 0.15) is 42.0 Å². The van der Waals surface area contributed by atoms with Gasteiger partial charge in [0.2, 0.25) is 0 Å². The monoisotopic (exact) mass is 276 g/mol. The first-order chi connectivity index (χ1) is 9.15. The first-order valence-electron chi connectivity index (χ1n) is 6.67. The van der Waals surface area contributed by atoms with Crippen LogP contribution in [0, 0.1) is 19.8 Å². The summed E-state index contributed by atoms with van der Waals surface area (Å²) in [4.78, 5) is 11.4. The number of hydrogen-bond acceptors (Lipinski definition) is 3. The molecule has 1 aliphatic rings. The third kappa shape index (κ3) is 2.25. The van der Waals surface area contributed by atoms with E-state index in [4.69, 9.17) is 0 Å². The first-order valence-corrected chi connectivity index (χ1v) is 6.67. The summed E-state index contributed by atoms with van der Waals surface area (Å²) in [6.45, 7) is 7.64. The molecule has 1 aromatic rings. The Hall–Kier alpha value is -1.65. The third-order valence-corrected chi connectivity index (χ3v) is 4.00. The Morgan fingerprint density at radius 2 is 1.75 bits per heavy atom. The van der Waals surface area contributed by atoms with Crippen molar-refractivity contribution in [3.8, 4) is 0 Å². The summed E-state index contributed by atoms with van der Waals surface area (Å²) in [7, 11) is 0. The summed E-state index contributed by atoms with van der Waals surface area (Å²) in [5, 5.41) is 29.8. The van der Waals surface area contributed by atoms with Crippen LogP contribution in [0.25, 0.3) is 5.57 Å². The number of rotatable bonds is 2. The molecule has 1 unspecified atom stereocenters. The van der Waals surface area contributed by atoms with Gasteiger partial charge in [-0.25, -0.2) is 4.79 Å². The highest BCUT2D eigenvalue weighted by molar-refractivity contribution is 6.16. The van der Waals surface area contributed by atoms with Crippen molar-refractivity contribution in [3.05, 3.63) is 40.5 Å². The molecule has 0 radical (unpaired) electrons. The van der Waals surface area contributed by atoms with Gasteiger partial charge in [-0.2, -0.15) is 0 Å². The third-order valence-electron chi connectivity index (χ3n) is 4.00. The van der Waals surface area contributed by atoms with Gasteiger partial charge in [0.25, 0.3) is 0 Å². The van der Waals surface area contributed by atoms with Gasteiger partial charge in [-0.3, -0.25) is 0 Å². The first kappa shape index (κ1) is 14.8. The lowest BCUT2D eigenvalue weighted by Crippen LogP contribution is -2.40. The molecule has 4 heteroatoms. The molecule has 1 aliphatic carbocycles. The molecule has 0 spiro atoms. The van der Waals surface area contributed by atoms with Crippen molar-refractivity contribution < 1.29 is 20.1 Å². The number of carbonyl (C=O) groups is 1. The summed E-state index contributed by atoms with van der Waals surface area (Å²) in [5.74, 6) is -3.86. The second-order valence-electron chi connectivity index (χ2n) is 5.89. The Bertz CT molecular complexity index is 597. The van der Waals surface area contributed by atoms with Crippen LogP contribution >= 0.6 is 0 Å². The van der Waals surface area contributed by atoms with Crippen LogP contribution in [-0.4, -0.2) is 27.1 Å². The quantitative estimate of drug-likeness (QED) is 0.724. The molecule has 1 atom stereocenters. The van der Waals surface area contributed by atoms with E-state index in [9.17, 15) is 20.1 Å². The van der Waals surface area contributed by atoms with E-state index in [1.54, 1.807) is 0 Å². The fraction of sp³-hybridized carbons (Fsp3) is 0.438. The number of aliphatic hydroxyl groups is 2. The molecule has 3 N–H and O–H groups in total. The molecule has 2 rings (SSSR count). The van der Waals surface area contributed by atoms with Gasteiger partial charge >= 0.3 is 5.97 Å². The Balaban J connectivity index is 2.78. The minimum Gasteiger partial charge on any atom is -0.478 e. The normalized spacial score (nSPS) is 20.6. The summed E-state index contributed by atoms with van der Waals surface area (Å²) in [6.07, 6.45) is 1.05. The van der Waals surface area contributed by atoms with Crippen LogP contribution in [0.3, 0.4) is 0 Å². The number of benzene rings is 1. The summed E-state index contributed by atoms with van der Waals surface area (Å²) in [5.41, 5.74) is 3.22. The summed E-state index contributed by atoms with van der Waals surface area (Å²) < 4.78 is 0. The van der Waals surface area contributed by atoms with E-state index < -0.39 is 17.7 Å². The molecule has 0 fully saturated rings. The van der Waals surface area contributed by atoms with Crippen molar-refractivity contribution in [1.29, 1.82) is 0 Å². The topological polar surface area (TPSA) is 77.8 Å². The number of fused-ring (bicyclic) bond motifs is 1. The highest BCUT2D eigenvalue weighted by Gasteiger charge is 2.42. The fourth-order valence-electron chi connectivity index (χ4n) is 2.96. The lowest BCUT2D eigenvalue weighted by Gasteiger charge is -2.37. The van der Waals surface area contributed by atoms with Crippen LogP contribution in [0.5, 0.6) is 0 Å². The Kier molecular flexibility index (Phi) is 3.48. The molecule has 0 saturated heterocycles. The van der Waals surface area contributed by atoms with Crippen LogP contribution in [-0.2, 0) is 4.79 Å². The Labute approximate surface area is 118 Å². The van der Waals surface area contributed by atoms with Crippen LogP contribution in [0.15, 0.2) is 18.2 Å².